The van der Waals surface area contributed by atoms with Crippen LogP contribution in [-0.4, -0.2) is 79.9 Å². The Labute approximate surface area is 254 Å². The summed E-state index contributed by atoms with van der Waals surface area (Å²) in [6.45, 7) is 2.34. The zero-order valence-corrected chi connectivity index (χ0v) is 25.4. The minimum Gasteiger partial charge on any atom is -0.497 e. The lowest BCUT2D eigenvalue weighted by Crippen LogP contribution is -2.58. The van der Waals surface area contributed by atoms with E-state index in [9.17, 15) is 19.2 Å². The van der Waals surface area contributed by atoms with Gasteiger partial charge in [-0.05, 0) is 81.2 Å². The molecule has 0 unspecified atom stereocenters. The highest BCUT2D eigenvalue weighted by Crippen LogP contribution is 2.35. The molecule has 232 valence electrons. The molecule has 2 heterocycles. The SMILES string of the molecule is CN[C@H](Cc1ccccc1)C(=O)N[C@@H]1C(=O)N2[C@@H](CC[C@@H]1CCNC(C)=O)CC[C@H]2C(=O)NCCc1ccc(OC)cc1. The van der Waals surface area contributed by atoms with Crippen LogP contribution in [0.5, 0.6) is 5.75 Å². The van der Waals surface area contributed by atoms with Crippen molar-refractivity contribution in [2.24, 2.45) is 5.92 Å². The van der Waals surface area contributed by atoms with Crippen molar-refractivity contribution in [1.82, 2.24) is 26.2 Å². The first-order chi connectivity index (χ1) is 20.8. The fraction of sp³-hybridized carbons (Fsp3) is 0.515. The third-order valence-corrected chi connectivity index (χ3v) is 8.67. The van der Waals surface area contributed by atoms with E-state index in [1.165, 1.54) is 6.92 Å². The molecule has 0 radical (unpaired) electrons. The Morgan fingerprint density at radius 3 is 2.33 bits per heavy atom. The molecule has 4 amide bonds. The summed E-state index contributed by atoms with van der Waals surface area (Å²) < 4.78 is 5.21. The lowest BCUT2D eigenvalue weighted by molar-refractivity contribution is -0.143. The van der Waals surface area contributed by atoms with E-state index in [2.05, 4.69) is 21.3 Å². The van der Waals surface area contributed by atoms with E-state index in [0.29, 0.717) is 45.2 Å². The minimum absolute atomic E-state index is 0.0561. The molecular formula is C33H45N5O5. The Balaban J connectivity index is 1.46. The Kier molecular flexibility index (Phi) is 11.6. The molecule has 0 saturated carbocycles. The van der Waals surface area contributed by atoms with Crippen molar-refractivity contribution in [1.29, 1.82) is 0 Å². The van der Waals surface area contributed by atoms with Gasteiger partial charge < -0.3 is 30.9 Å². The van der Waals surface area contributed by atoms with Gasteiger partial charge in [0.2, 0.25) is 23.6 Å². The standard InChI is InChI=1S/C33H45N5O5/c1-22(39)35-20-18-25-11-12-26-13-16-29(32(41)36-19-17-23-9-14-27(43-3)15-10-23)38(26)33(42)30(25)37-31(40)28(34-2)21-24-7-5-4-6-8-24/h4-10,14-15,25-26,28-30,34H,11-13,16-21H2,1-3H3,(H,35,39)(H,36,41)(H,37,40)/t25-,26+,28-,29+,30+/m1/s1. The monoisotopic (exact) mass is 591 g/mol. The number of ether oxygens (including phenoxy) is 1. The van der Waals surface area contributed by atoms with Gasteiger partial charge in [0, 0.05) is 26.1 Å². The van der Waals surface area contributed by atoms with Gasteiger partial charge in [-0.25, -0.2) is 0 Å². The molecule has 2 aliphatic heterocycles. The largest absolute Gasteiger partial charge is 0.497 e. The number of benzene rings is 2. The molecule has 4 rings (SSSR count). The number of hydrogen-bond acceptors (Lipinski definition) is 6. The zero-order chi connectivity index (χ0) is 30.8. The maximum atomic E-state index is 14.2. The van der Waals surface area contributed by atoms with Gasteiger partial charge >= 0.3 is 0 Å². The first kappa shape index (κ1) is 32.0. The summed E-state index contributed by atoms with van der Waals surface area (Å²) in [5, 5.41) is 12.0. The summed E-state index contributed by atoms with van der Waals surface area (Å²) in [7, 11) is 3.36. The number of carbonyl (C=O) groups excluding carboxylic acids is 4. The van der Waals surface area contributed by atoms with Crippen LogP contribution in [0.15, 0.2) is 54.6 Å². The van der Waals surface area contributed by atoms with Crippen LogP contribution in [-0.2, 0) is 32.0 Å². The van der Waals surface area contributed by atoms with Gasteiger partial charge in [0.1, 0.15) is 17.8 Å². The van der Waals surface area contributed by atoms with Crippen LogP contribution in [0.1, 0.15) is 50.2 Å². The molecule has 2 aromatic carbocycles. The number of fused-ring (bicyclic) bond motifs is 1. The predicted molar refractivity (Wildman–Crippen MR) is 164 cm³/mol. The van der Waals surface area contributed by atoms with E-state index in [4.69, 9.17) is 4.74 Å². The summed E-state index contributed by atoms with van der Waals surface area (Å²) in [6, 6.07) is 15.5. The lowest BCUT2D eigenvalue weighted by atomic mass is 9.90. The third kappa shape index (κ3) is 8.56. The van der Waals surface area contributed by atoms with Crippen LogP contribution in [0.3, 0.4) is 0 Å². The normalized spacial score (nSPS) is 22.2. The van der Waals surface area contributed by atoms with Gasteiger partial charge in [-0.2, -0.15) is 0 Å². The number of nitrogens with one attached hydrogen (secondary N) is 4. The molecule has 2 aliphatic rings. The zero-order valence-electron chi connectivity index (χ0n) is 25.4. The highest BCUT2D eigenvalue weighted by Gasteiger charge is 2.47. The Morgan fingerprint density at radius 1 is 0.930 bits per heavy atom. The summed E-state index contributed by atoms with van der Waals surface area (Å²) in [4.78, 5) is 54.5. The molecule has 0 spiro atoms. The van der Waals surface area contributed by atoms with Gasteiger partial charge in [0.25, 0.3) is 0 Å². The maximum Gasteiger partial charge on any atom is 0.246 e. The Hall–Kier alpha value is -3.92. The highest BCUT2D eigenvalue weighted by atomic mass is 16.5. The second-order valence-corrected chi connectivity index (χ2v) is 11.5. The van der Waals surface area contributed by atoms with Gasteiger partial charge in [-0.15, -0.1) is 0 Å². The molecule has 4 N–H and O–H groups in total. The molecule has 2 saturated heterocycles. The van der Waals surface area contributed by atoms with Gasteiger partial charge in [0.15, 0.2) is 0 Å². The van der Waals surface area contributed by atoms with Crippen molar-refractivity contribution in [3.05, 3.63) is 65.7 Å². The fourth-order valence-corrected chi connectivity index (χ4v) is 6.29. The maximum absolute atomic E-state index is 14.2. The molecule has 10 nitrogen and oxygen atoms in total. The minimum atomic E-state index is -0.786. The van der Waals surface area contributed by atoms with Crippen molar-refractivity contribution < 1.29 is 23.9 Å². The topological polar surface area (TPSA) is 129 Å². The fourth-order valence-electron chi connectivity index (χ4n) is 6.29. The van der Waals surface area contributed by atoms with E-state index >= 15 is 0 Å². The molecule has 5 atom stereocenters. The number of nitrogens with zero attached hydrogens (tertiary/aromatic N) is 1. The highest BCUT2D eigenvalue weighted by molar-refractivity contribution is 5.94. The average molecular weight is 592 g/mol. The van der Waals surface area contributed by atoms with E-state index in [0.717, 1.165) is 29.7 Å². The van der Waals surface area contributed by atoms with Crippen molar-refractivity contribution in [2.45, 2.75) is 76.0 Å². The van der Waals surface area contributed by atoms with E-state index in [-0.39, 0.29) is 35.6 Å². The molecule has 43 heavy (non-hydrogen) atoms. The second-order valence-electron chi connectivity index (χ2n) is 11.5. The summed E-state index contributed by atoms with van der Waals surface area (Å²) >= 11 is 0. The smallest absolute Gasteiger partial charge is 0.246 e. The van der Waals surface area contributed by atoms with Crippen LogP contribution in [0.4, 0.5) is 0 Å². The van der Waals surface area contributed by atoms with Crippen LogP contribution in [0.25, 0.3) is 0 Å². The number of carbonyl (C=O) groups is 4. The second kappa shape index (κ2) is 15.5. The Morgan fingerprint density at radius 2 is 1.65 bits per heavy atom. The van der Waals surface area contributed by atoms with Crippen LogP contribution >= 0.6 is 0 Å². The van der Waals surface area contributed by atoms with Crippen molar-refractivity contribution in [2.75, 3.05) is 27.2 Å². The summed E-state index contributed by atoms with van der Waals surface area (Å²) in [6.07, 6.45) is 4.50. The molecule has 2 fully saturated rings. The summed E-state index contributed by atoms with van der Waals surface area (Å²) in [5.41, 5.74) is 2.09. The number of hydrogen-bond donors (Lipinski definition) is 4. The first-order valence-corrected chi connectivity index (χ1v) is 15.3. The van der Waals surface area contributed by atoms with Crippen molar-refractivity contribution >= 4 is 23.6 Å². The van der Waals surface area contributed by atoms with Crippen LogP contribution < -0.4 is 26.0 Å². The molecule has 10 heteroatoms. The molecule has 0 bridgehead atoms. The number of likely N-dealkylation sites (N-methyl/N-ethyl adjacent to an activating group) is 1. The number of methoxy groups -OCH3 is 1. The predicted octanol–water partition coefficient (Wildman–Crippen LogP) is 1.97. The quantitative estimate of drug-likeness (QED) is 0.282. The van der Waals surface area contributed by atoms with Gasteiger partial charge in [0.05, 0.1) is 13.2 Å². The van der Waals surface area contributed by atoms with Crippen molar-refractivity contribution in [3.8, 4) is 5.75 Å². The summed E-state index contributed by atoms with van der Waals surface area (Å²) in [5.74, 6) is -0.156. The van der Waals surface area contributed by atoms with Gasteiger partial charge in [-0.3, -0.25) is 19.2 Å². The van der Waals surface area contributed by atoms with Gasteiger partial charge in [-0.1, -0.05) is 42.5 Å². The van der Waals surface area contributed by atoms with Crippen LogP contribution in [0, 0.1) is 5.92 Å². The average Bonchev–Trinajstić information content (AvgIpc) is 3.40. The number of amides is 4. The lowest BCUT2D eigenvalue weighted by Gasteiger charge is -2.33. The van der Waals surface area contributed by atoms with E-state index in [1.807, 2.05) is 54.6 Å². The molecule has 0 aromatic heterocycles. The molecule has 2 aromatic rings. The third-order valence-electron chi connectivity index (χ3n) is 8.67. The molecule has 0 aliphatic carbocycles. The molecular weight excluding hydrogens is 546 g/mol. The number of rotatable bonds is 13. The van der Waals surface area contributed by atoms with E-state index in [1.54, 1.807) is 19.1 Å². The van der Waals surface area contributed by atoms with E-state index < -0.39 is 18.1 Å². The van der Waals surface area contributed by atoms with Crippen LogP contribution in [0.2, 0.25) is 0 Å². The Bertz CT molecular complexity index is 1240. The van der Waals surface area contributed by atoms with Crippen molar-refractivity contribution in [3.63, 3.8) is 0 Å². The first-order valence-electron chi connectivity index (χ1n) is 15.3.